The molecule has 102 valence electrons. The summed E-state index contributed by atoms with van der Waals surface area (Å²) in [5.74, 6) is -0.907. The molecule has 2 fully saturated rings. The van der Waals surface area contributed by atoms with Gasteiger partial charge >= 0.3 is 12.0 Å². The number of ether oxygens (including phenoxy) is 1. The lowest BCUT2D eigenvalue weighted by Gasteiger charge is -2.38. The van der Waals surface area contributed by atoms with Crippen molar-refractivity contribution in [1.82, 2.24) is 9.80 Å². The first kappa shape index (κ1) is 13.1. The Balaban J connectivity index is 2.04. The van der Waals surface area contributed by atoms with Crippen molar-refractivity contribution in [2.75, 3.05) is 19.6 Å². The van der Waals surface area contributed by atoms with Gasteiger partial charge in [-0.1, -0.05) is 0 Å². The van der Waals surface area contributed by atoms with Crippen molar-refractivity contribution < 1.29 is 19.4 Å². The lowest BCUT2D eigenvalue weighted by Crippen LogP contribution is -2.54. The molecule has 2 heterocycles. The van der Waals surface area contributed by atoms with Crippen LogP contribution < -0.4 is 0 Å². The maximum atomic E-state index is 12.3. The van der Waals surface area contributed by atoms with Crippen LogP contribution >= 0.6 is 0 Å². The summed E-state index contributed by atoms with van der Waals surface area (Å²) in [6, 6.07) is -0.826. The number of aliphatic carboxylic acids is 1. The summed E-state index contributed by atoms with van der Waals surface area (Å²) in [6.45, 7) is 5.46. The van der Waals surface area contributed by atoms with E-state index in [2.05, 4.69) is 0 Å². The molecule has 6 nitrogen and oxygen atoms in total. The molecule has 2 unspecified atom stereocenters. The molecule has 18 heavy (non-hydrogen) atoms. The zero-order valence-electron chi connectivity index (χ0n) is 10.8. The van der Waals surface area contributed by atoms with Gasteiger partial charge in [-0.2, -0.15) is 0 Å². The van der Waals surface area contributed by atoms with Crippen LogP contribution in [0.3, 0.4) is 0 Å². The summed E-state index contributed by atoms with van der Waals surface area (Å²) in [5, 5.41) is 9.10. The third-order valence-corrected chi connectivity index (χ3v) is 3.47. The van der Waals surface area contributed by atoms with Crippen LogP contribution in [0.1, 0.15) is 26.7 Å². The van der Waals surface area contributed by atoms with E-state index in [1.807, 2.05) is 13.8 Å². The molecule has 0 spiro atoms. The van der Waals surface area contributed by atoms with Crippen LogP contribution in [0.5, 0.6) is 0 Å². The van der Waals surface area contributed by atoms with Crippen molar-refractivity contribution in [2.45, 2.75) is 44.9 Å². The van der Waals surface area contributed by atoms with Crippen LogP contribution in [0.4, 0.5) is 4.79 Å². The second-order valence-corrected chi connectivity index (χ2v) is 5.13. The van der Waals surface area contributed by atoms with Crippen molar-refractivity contribution in [2.24, 2.45) is 0 Å². The van der Waals surface area contributed by atoms with Crippen molar-refractivity contribution in [3.63, 3.8) is 0 Å². The maximum Gasteiger partial charge on any atom is 0.326 e. The zero-order valence-corrected chi connectivity index (χ0v) is 10.8. The highest BCUT2D eigenvalue weighted by Crippen LogP contribution is 2.21. The Morgan fingerprint density at radius 2 is 1.83 bits per heavy atom. The summed E-state index contributed by atoms with van der Waals surface area (Å²) in [6.07, 6.45) is 1.32. The second-order valence-electron chi connectivity index (χ2n) is 5.13. The lowest BCUT2D eigenvalue weighted by molar-refractivity contribution is -0.141. The number of likely N-dealkylation sites (tertiary alicyclic amines) is 1. The minimum atomic E-state index is -0.907. The van der Waals surface area contributed by atoms with Crippen LogP contribution in [-0.2, 0) is 9.53 Å². The molecule has 0 aliphatic carbocycles. The van der Waals surface area contributed by atoms with Crippen molar-refractivity contribution >= 4 is 12.0 Å². The molecule has 0 radical (unpaired) electrons. The Labute approximate surface area is 106 Å². The van der Waals surface area contributed by atoms with Gasteiger partial charge in [0.1, 0.15) is 6.04 Å². The molecule has 0 aromatic carbocycles. The van der Waals surface area contributed by atoms with Gasteiger partial charge in [-0.05, 0) is 26.7 Å². The number of carbonyl (C=O) groups is 2. The molecule has 3 atom stereocenters. The van der Waals surface area contributed by atoms with E-state index in [4.69, 9.17) is 9.84 Å². The van der Waals surface area contributed by atoms with Crippen LogP contribution in [-0.4, -0.2) is 64.8 Å². The fourth-order valence-corrected chi connectivity index (χ4v) is 2.77. The van der Waals surface area contributed by atoms with Crippen LogP contribution in [0, 0.1) is 0 Å². The Morgan fingerprint density at radius 1 is 1.22 bits per heavy atom. The minimum absolute atomic E-state index is 0.00332. The molecule has 2 aliphatic rings. The second kappa shape index (κ2) is 5.14. The maximum absolute atomic E-state index is 12.3. The SMILES string of the molecule is CC1CN(C(=O)N2CCC[C@H]2C(=O)O)CC(C)O1. The quantitative estimate of drug-likeness (QED) is 0.752. The van der Waals surface area contributed by atoms with Crippen molar-refractivity contribution in [3.8, 4) is 0 Å². The molecule has 2 rings (SSSR count). The van der Waals surface area contributed by atoms with E-state index < -0.39 is 12.0 Å². The number of carboxylic acids is 1. The van der Waals surface area contributed by atoms with Gasteiger partial charge < -0.3 is 19.6 Å². The Hall–Kier alpha value is -1.30. The number of morpholine rings is 1. The number of carbonyl (C=O) groups excluding carboxylic acids is 1. The van der Waals surface area contributed by atoms with Crippen molar-refractivity contribution in [1.29, 1.82) is 0 Å². The summed E-state index contributed by atoms with van der Waals surface area (Å²) in [4.78, 5) is 26.6. The average molecular weight is 256 g/mol. The molecule has 6 heteroatoms. The van der Waals surface area contributed by atoms with E-state index in [0.717, 1.165) is 6.42 Å². The first-order chi connectivity index (χ1) is 8.49. The highest BCUT2D eigenvalue weighted by Gasteiger charge is 2.38. The van der Waals surface area contributed by atoms with Crippen LogP contribution in [0.25, 0.3) is 0 Å². The average Bonchev–Trinajstić information content (AvgIpc) is 2.75. The van der Waals surface area contributed by atoms with Crippen LogP contribution in [0.15, 0.2) is 0 Å². The number of hydrogen-bond acceptors (Lipinski definition) is 3. The molecule has 1 N–H and O–H groups in total. The minimum Gasteiger partial charge on any atom is -0.480 e. The largest absolute Gasteiger partial charge is 0.480 e. The zero-order chi connectivity index (χ0) is 13.3. The lowest BCUT2D eigenvalue weighted by atomic mass is 10.2. The first-order valence-electron chi connectivity index (χ1n) is 6.43. The van der Waals surface area contributed by atoms with Gasteiger partial charge in [-0.3, -0.25) is 0 Å². The molecule has 2 amide bonds. The van der Waals surface area contributed by atoms with E-state index in [-0.39, 0.29) is 18.2 Å². The highest BCUT2D eigenvalue weighted by molar-refractivity contribution is 5.83. The summed E-state index contributed by atoms with van der Waals surface area (Å²) >= 11 is 0. The number of amides is 2. The van der Waals surface area contributed by atoms with E-state index >= 15 is 0 Å². The fourth-order valence-electron chi connectivity index (χ4n) is 2.77. The van der Waals surface area contributed by atoms with Gasteiger partial charge in [0.2, 0.25) is 0 Å². The molecular weight excluding hydrogens is 236 g/mol. The van der Waals surface area contributed by atoms with Gasteiger partial charge in [0, 0.05) is 19.6 Å². The van der Waals surface area contributed by atoms with Crippen molar-refractivity contribution in [3.05, 3.63) is 0 Å². The predicted molar refractivity (Wildman–Crippen MR) is 64.3 cm³/mol. The molecule has 0 aromatic rings. The van der Waals surface area contributed by atoms with Gasteiger partial charge in [0.05, 0.1) is 12.2 Å². The van der Waals surface area contributed by atoms with Gasteiger partial charge in [-0.15, -0.1) is 0 Å². The number of hydrogen-bond donors (Lipinski definition) is 1. The van der Waals surface area contributed by atoms with E-state index in [0.29, 0.717) is 26.1 Å². The number of rotatable bonds is 1. The number of carboxylic acid groups (broad SMARTS) is 1. The Morgan fingerprint density at radius 3 is 2.39 bits per heavy atom. The third-order valence-electron chi connectivity index (χ3n) is 3.47. The van der Waals surface area contributed by atoms with Gasteiger partial charge in [0.15, 0.2) is 0 Å². The Bertz CT molecular complexity index is 337. The molecule has 2 aliphatic heterocycles. The molecule has 0 aromatic heterocycles. The summed E-state index contributed by atoms with van der Waals surface area (Å²) in [5.41, 5.74) is 0. The molecular formula is C12H20N2O4. The van der Waals surface area contributed by atoms with E-state index in [1.165, 1.54) is 4.90 Å². The normalized spacial score (nSPS) is 32.7. The molecule has 2 saturated heterocycles. The fraction of sp³-hybridized carbons (Fsp3) is 0.833. The molecule has 0 bridgehead atoms. The van der Waals surface area contributed by atoms with Gasteiger partial charge in [0.25, 0.3) is 0 Å². The van der Waals surface area contributed by atoms with E-state index in [9.17, 15) is 9.59 Å². The van der Waals surface area contributed by atoms with E-state index in [1.54, 1.807) is 4.90 Å². The number of urea groups is 1. The number of nitrogens with zero attached hydrogens (tertiary/aromatic N) is 2. The summed E-state index contributed by atoms with van der Waals surface area (Å²) < 4.78 is 5.57. The highest BCUT2D eigenvalue weighted by atomic mass is 16.5. The summed E-state index contributed by atoms with van der Waals surface area (Å²) in [7, 11) is 0. The monoisotopic (exact) mass is 256 g/mol. The smallest absolute Gasteiger partial charge is 0.326 e. The topological polar surface area (TPSA) is 70.1 Å². The predicted octanol–water partition coefficient (Wildman–Crippen LogP) is 0.765. The first-order valence-corrected chi connectivity index (χ1v) is 6.43. The molecule has 0 saturated carbocycles. The third kappa shape index (κ3) is 2.58. The van der Waals surface area contributed by atoms with Gasteiger partial charge in [-0.25, -0.2) is 9.59 Å². The standard InChI is InChI=1S/C12H20N2O4/c1-8-6-13(7-9(2)18-8)12(17)14-5-3-4-10(14)11(15)16/h8-10H,3-7H2,1-2H3,(H,15,16)/t8?,9?,10-/m0/s1. The van der Waals surface area contributed by atoms with Crippen LogP contribution in [0.2, 0.25) is 0 Å². The Kier molecular flexibility index (Phi) is 3.75.